The Morgan fingerprint density at radius 3 is 1.25 bits per heavy atom. The minimum atomic E-state index is 0.912. The summed E-state index contributed by atoms with van der Waals surface area (Å²) in [5.41, 5.74) is 14.0. The molecule has 1 heteroatoms. The van der Waals surface area contributed by atoms with Crippen LogP contribution >= 0.6 is 0 Å². The zero-order chi connectivity index (χ0) is 36.3. The fourth-order valence-corrected chi connectivity index (χ4v) is 8.74. The molecule has 256 valence electrons. The van der Waals surface area contributed by atoms with Crippen LogP contribution in [0.1, 0.15) is 0 Å². The summed E-state index contributed by atoms with van der Waals surface area (Å²) in [5.74, 6) is 0. The van der Waals surface area contributed by atoms with Crippen LogP contribution in [0.25, 0.3) is 110 Å². The van der Waals surface area contributed by atoms with E-state index in [1.807, 2.05) is 12.1 Å². The van der Waals surface area contributed by atoms with Crippen LogP contribution in [0.3, 0.4) is 0 Å². The predicted molar refractivity (Wildman–Crippen MR) is 233 cm³/mol. The van der Waals surface area contributed by atoms with Crippen LogP contribution in [0.15, 0.2) is 211 Å². The van der Waals surface area contributed by atoms with Crippen molar-refractivity contribution >= 4 is 54.3 Å². The van der Waals surface area contributed by atoms with E-state index in [1.54, 1.807) is 0 Å². The van der Waals surface area contributed by atoms with Crippen molar-refractivity contribution in [1.82, 2.24) is 0 Å². The molecule has 0 spiro atoms. The maximum Gasteiger partial charge on any atom is 0.135 e. The number of benzene rings is 10. The van der Waals surface area contributed by atoms with Crippen LogP contribution in [0.5, 0.6) is 0 Å². The molecule has 0 aliphatic heterocycles. The first-order valence-corrected chi connectivity index (χ1v) is 18.9. The molecule has 0 unspecified atom stereocenters. The van der Waals surface area contributed by atoms with Crippen molar-refractivity contribution in [1.29, 1.82) is 0 Å². The van der Waals surface area contributed by atoms with Gasteiger partial charge in [0.2, 0.25) is 0 Å². The molecule has 0 aliphatic carbocycles. The van der Waals surface area contributed by atoms with Crippen LogP contribution in [-0.4, -0.2) is 0 Å². The predicted octanol–water partition coefficient (Wildman–Crippen LogP) is 15.4. The van der Waals surface area contributed by atoms with Crippen molar-refractivity contribution in [2.45, 2.75) is 0 Å². The van der Waals surface area contributed by atoms with Crippen LogP contribution in [0.4, 0.5) is 0 Å². The summed E-state index contributed by atoms with van der Waals surface area (Å²) >= 11 is 0. The molecule has 1 heterocycles. The van der Waals surface area contributed by atoms with Gasteiger partial charge in [-0.25, -0.2) is 0 Å². The lowest BCUT2D eigenvalue weighted by molar-refractivity contribution is 0.669. The van der Waals surface area contributed by atoms with Crippen molar-refractivity contribution in [2.24, 2.45) is 0 Å². The highest BCUT2D eigenvalue weighted by atomic mass is 16.3. The zero-order valence-electron chi connectivity index (χ0n) is 30.0. The molecule has 0 aliphatic rings. The highest BCUT2D eigenvalue weighted by Crippen LogP contribution is 2.45. The molecule has 0 saturated carbocycles. The van der Waals surface area contributed by atoms with Gasteiger partial charge in [-0.1, -0.05) is 188 Å². The molecule has 1 nitrogen and oxygen atoms in total. The van der Waals surface area contributed by atoms with E-state index in [0.717, 1.165) is 21.9 Å². The highest BCUT2D eigenvalue weighted by Gasteiger charge is 2.18. The van der Waals surface area contributed by atoms with Crippen LogP contribution in [0, 0.1) is 0 Å². The van der Waals surface area contributed by atoms with Crippen molar-refractivity contribution in [3.05, 3.63) is 206 Å². The average molecular weight is 699 g/mol. The molecule has 0 fully saturated rings. The molecule has 0 saturated heterocycles. The monoisotopic (exact) mass is 698 g/mol. The van der Waals surface area contributed by atoms with E-state index in [1.165, 1.54) is 88.0 Å². The minimum Gasteiger partial charge on any atom is -0.456 e. The molecule has 0 radical (unpaired) electrons. The molecule has 10 aromatic carbocycles. The van der Waals surface area contributed by atoms with E-state index < -0.39 is 0 Å². The Kier molecular flexibility index (Phi) is 7.25. The van der Waals surface area contributed by atoms with E-state index in [0.29, 0.717) is 0 Å². The number of hydrogen-bond acceptors (Lipinski definition) is 1. The molecule has 55 heavy (non-hydrogen) atoms. The van der Waals surface area contributed by atoms with Crippen LogP contribution < -0.4 is 0 Å². The Morgan fingerprint density at radius 2 is 0.636 bits per heavy atom. The molecular formula is C54H34O. The van der Waals surface area contributed by atoms with Gasteiger partial charge in [-0.15, -0.1) is 0 Å². The molecule has 0 bridgehead atoms. The van der Waals surface area contributed by atoms with E-state index >= 15 is 0 Å². The lowest BCUT2D eigenvalue weighted by atomic mass is 9.85. The van der Waals surface area contributed by atoms with Gasteiger partial charge >= 0.3 is 0 Å². The molecule has 11 aromatic rings. The van der Waals surface area contributed by atoms with E-state index in [4.69, 9.17) is 4.42 Å². The fraction of sp³-hybridized carbons (Fsp3) is 0. The van der Waals surface area contributed by atoms with Crippen molar-refractivity contribution in [3.8, 4) is 55.6 Å². The Morgan fingerprint density at radius 1 is 0.236 bits per heavy atom. The number of rotatable bonds is 5. The Labute approximate surface area is 319 Å². The summed E-state index contributed by atoms with van der Waals surface area (Å²) in [4.78, 5) is 0. The highest BCUT2D eigenvalue weighted by molar-refractivity contribution is 6.21. The molecule has 0 amide bonds. The summed E-state index contributed by atoms with van der Waals surface area (Å²) in [7, 11) is 0. The molecule has 0 atom stereocenters. The summed E-state index contributed by atoms with van der Waals surface area (Å²) in [5, 5.41) is 9.83. The van der Waals surface area contributed by atoms with Gasteiger partial charge in [0.25, 0.3) is 0 Å². The van der Waals surface area contributed by atoms with E-state index in [9.17, 15) is 0 Å². The third-order valence-corrected chi connectivity index (χ3v) is 11.3. The number of hydrogen-bond donors (Lipinski definition) is 0. The topological polar surface area (TPSA) is 13.1 Å². The second-order valence-corrected chi connectivity index (χ2v) is 14.4. The number of fused-ring (bicyclic) bond motifs is 6. The lowest BCUT2D eigenvalue weighted by Crippen LogP contribution is -1.91. The average Bonchev–Trinajstić information content (AvgIpc) is 3.63. The van der Waals surface area contributed by atoms with Gasteiger partial charge in [0.1, 0.15) is 11.2 Å². The quantitative estimate of drug-likeness (QED) is 0.163. The zero-order valence-corrected chi connectivity index (χ0v) is 30.0. The minimum absolute atomic E-state index is 0.912. The lowest BCUT2D eigenvalue weighted by Gasteiger charge is -2.18. The first-order chi connectivity index (χ1) is 27.3. The maximum absolute atomic E-state index is 6.14. The van der Waals surface area contributed by atoms with Gasteiger partial charge < -0.3 is 4.42 Å². The molecular weight excluding hydrogens is 665 g/mol. The second kappa shape index (κ2) is 12.7. The third-order valence-electron chi connectivity index (χ3n) is 11.3. The van der Waals surface area contributed by atoms with Gasteiger partial charge in [-0.3, -0.25) is 0 Å². The van der Waals surface area contributed by atoms with Gasteiger partial charge in [0, 0.05) is 10.8 Å². The SMILES string of the molecule is c1ccc(-c2ccc3oc4ccccc4c3c2)c(-c2ccc(-c3c4ccccc4c(-c4ccc(-c5cccc6ccccc56)cc4)c4ccccc34)cc2)c1. The van der Waals surface area contributed by atoms with Crippen molar-refractivity contribution in [2.75, 3.05) is 0 Å². The van der Waals surface area contributed by atoms with Crippen LogP contribution in [-0.2, 0) is 0 Å². The number of para-hydroxylation sites is 1. The Hall–Kier alpha value is -7.22. The van der Waals surface area contributed by atoms with Gasteiger partial charge in [0.05, 0.1) is 0 Å². The third kappa shape index (κ3) is 5.16. The standard InChI is InChI=1S/C54H34O/c1-2-14-41-35(12-1)13-11-22-43(41)37-26-30-39(31-27-37)54-48-20-7-5-18-46(48)53(47-19-6-8-21-49(47)54)38-28-24-36(25-29-38)42-15-3-4-16-44(42)40-32-33-52-50(34-40)45-17-9-10-23-51(45)55-52/h1-34H. The maximum atomic E-state index is 6.14. The van der Waals surface area contributed by atoms with Gasteiger partial charge in [-0.2, -0.15) is 0 Å². The molecule has 0 N–H and O–H groups in total. The Bertz CT molecular complexity index is 3170. The van der Waals surface area contributed by atoms with E-state index in [2.05, 4.69) is 194 Å². The Balaban J connectivity index is 1.01. The first kappa shape index (κ1) is 31.3. The normalized spacial score (nSPS) is 11.6. The molecule has 11 rings (SSSR count). The van der Waals surface area contributed by atoms with Crippen LogP contribution in [0.2, 0.25) is 0 Å². The summed E-state index contributed by atoms with van der Waals surface area (Å²) in [6.07, 6.45) is 0. The second-order valence-electron chi connectivity index (χ2n) is 14.4. The van der Waals surface area contributed by atoms with Crippen molar-refractivity contribution in [3.63, 3.8) is 0 Å². The smallest absolute Gasteiger partial charge is 0.135 e. The largest absolute Gasteiger partial charge is 0.456 e. The van der Waals surface area contributed by atoms with Gasteiger partial charge in [0.15, 0.2) is 0 Å². The summed E-state index contributed by atoms with van der Waals surface area (Å²) in [6, 6.07) is 74.8. The summed E-state index contributed by atoms with van der Waals surface area (Å²) < 4.78 is 6.14. The first-order valence-electron chi connectivity index (χ1n) is 18.9. The van der Waals surface area contributed by atoms with E-state index in [-0.39, 0.29) is 0 Å². The van der Waals surface area contributed by atoms with Gasteiger partial charge in [-0.05, 0) is 106 Å². The summed E-state index contributed by atoms with van der Waals surface area (Å²) in [6.45, 7) is 0. The number of furan rings is 1. The fourth-order valence-electron chi connectivity index (χ4n) is 8.74. The van der Waals surface area contributed by atoms with Crippen molar-refractivity contribution < 1.29 is 4.42 Å². The molecule has 1 aromatic heterocycles.